The lowest BCUT2D eigenvalue weighted by Gasteiger charge is -2.25. The molecule has 1 aromatic rings. The zero-order valence-electron chi connectivity index (χ0n) is 12.1. The van der Waals surface area contributed by atoms with Gasteiger partial charge >= 0.3 is 0 Å². The normalized spacial score (nSPS) is 11.5. The molecule has 0 atom stereocenters. The van der Waals surface area contributed by atoms with Crippen LogP contribution in [0.15, 0.2) is 18.2 Å². The van der Waals surface area contributed by atoms with E-state index in [1.54, 1.807) is 0 Å². The van der Waals surface area contributed by atoms with Crippen LogP contribution in [0.5, 0.6) is 0 Å². The fourth-order valence-electron chi connectivity index (χ4n) is 2.07. The molecule has 0 N–H and O–H groups in total. The maximum atomic E-state index is 6.05. The lowest BCUT2D eigenvalue weighted by molar-refractivity contribution is 0.215. The van der Waals surface area contributed by atoms with E-state index in [2.05, 4.69) is 30.6 Å². The second kappa shape index (κ2) is 8.80. The summed E-state index contributed by atoms with van der Waals surface area (Å²) in [4.78, 5) is 4.87. The molecule has 0 saturated carbocycles. The minimum atomic E-state index is 0.622. The van der Waals surface area contributed by atoms with Crippen LogP contribution in [-0.4, -0.2) is 42.5 Å². The number of hydrogen-bond acceptors (Lipinski definition) is 2. The predicted octanol–water partition coefficient (Wildman–Crippen LogP) is 4.16. The highest BCUT2D eigenvalue weighted by molar-refractivity contribution is 6.42. The Morgan fingerprint density at radius 2 is 1.42 bits per heavy atom. The SMILES string of the molecule is CCN(CC)CCN(CC)Cc1ccc(Cl)c(Cl)c1. The van der Waals surface area contributed by atoms with Gasteiger partial charge in [-0.1, -0.05) is 50.0 Å². The monoisotopic (exact) mass is 302 g/mol. The molecule has 0 heterocycles. The van der Waals surface area contributed by atoms with E-state index < -0.39 is 0 Å². The van der Waals surface area contributed by atoms with Gasteiger partial charge in [0.05, 0.1) is 10.0 Å². The quantitative estimate of drug-likeness (QED) is 0.711. The standard InChI is InChI=1S/C15H24Cl2N2/c1-4-18(5-2)9-10-19(6-3)12-13-7-8-14(16)15(17)11-13/h7-8,11H,4-6,9-10,12H2,1-3H3. The van der Waals surface area contributed by atoms with Crippen molar-refractivity contribution in [1.29, 1.82) is 0 Å². The molecule has 0 aliphatic carbocycles. The first kappa shape index (κ1) is 16.8. The number of nitrogens with zero attached hydrogens (tertiary/aromatic N) is 2. The number of halogens is 2. The third kappa shape index (κ3) is 5.70. The van der Waals surface area contributed by atoms with Crippen LogP contribution in [0.3, 0.4) is 0 Å². The highest BCUT2D eigenvalue weighted by Gasteiger charge is 2.07. The van der Waals surface area contributed by atoms with E-state index in [1.165, 1.54) is 5.56 Å². The maximum Gasteiger partial charge on any atom is 0.0595 e. The van der Waals surface area contributed by atoms with Crippen LogP contribution in [0.25, 0.3) is 0 Å². The summed E-state index contributed by atoms with van der Waals surface area (Å²) in [5, 5.41) is 1.26. The smallest absolute Gasteiger partial charge is 0.0595 e. The van der Waals surface area contributed by atoms with Gasteiger partial charge in [0.25, 0.3) is 0 Å². The largest absolute Gasteiger partial charge is 0.303 e. The van der Waals surface area contributed by atoms with Crippen molar-refractivity contribution in [2.45, 2.75) is 27.3 Å². The average Bonchev–Trinajstić information content (AvgIpc) is 2.42. The zero-order valence-corrected chi connectivity index (χ0v) is 13.6. The van der Waals surface area contributed by atoms with Crippen LogP contribution < -0.4 is 0 Å². The number of rotatable bonds is 8. The van der Waals surface area contributed by atoms with Crippen LogP contribution >= 0.6 is 23.2 Å². The lowest BCUT2D eigenvalue weighted by Crippen LogP contribution is -2.34. The third-order valence-electron chi connectivity index (χ3n) is 3.46. The Labute approximate surface area is 127 Å². The van der Waals surface area contributed by atoms with Crippen molar-refractivity contribution in [2.24, 2.45) is 0 Å². The summed E-state index contributed by atoms with van der Waals surface area (Å²) in [7, 11) is 0. The fourth-order valence-corrected chi connectivity index (χ4v) is 2.39. The third-order valence-corrected chi connectivity index (χ3v) is 4.20. The zero-order chi connectivity index (χ0) is 14.3. The molecular weight excluding hydrogens is 279 g/mol. The molecule has 0 fully saturated rings. The summed E-state index contributed by atoms with van der Waals surface area (Å²) >= 11 is 12.0. The number of likely N-dealkylation sites (N-methyl/N-ethyl adjacent to an activating group) is 2. The minimum absolute atomic E-state index is 0.622. The molecule has 1 rings (SSSR count). The van der Waals surface area contributed by atoms with E-state index in [1.807, 2.05) is 18.2 Å². The van der Waals surface area contributed by atoms with Crippen molar-refractivity contribution in [3.8, 4) is 0 Å². The first-order valence-electron chi connectivity index (χ1n) is 6.99. The summed E-state index contributed by atoms with van der Waals surface area (Å²) in [6, 6.07) is 5.88. The van der Waals surface area contributed by atoms with Gasteiger partial charge in [-0.25, -0.2) is 0 Å². The molecule has 0 amide bonds. The summed E-state index contributed by atoms with van der Waals surface area (Å²) < 4.78 is 0. The van der Waals surface area contributed by atoms with Crippen LogP contribution in [0.2, 0.25) is 10.0 Å². The van der Waals surface area contributed by atoms with Crippen molar-refractivity contribution in [1.82, 2.24) is 9.80 Å². The van der Waals surface area contributed by atoms with Crippen molar-refractivity contribution < 1.29 is 0 Å². The Morgan fingerprint density at radius 3 is 1.95 bits per heavy atom. The van der Waals surface area contributed by atoms with E-state index in [4.69, 9.17) is 23.2 Å². The summed E-state index contributed by atoms with van der Waals surface area (Å²) in [6.07, 6.45) is 0. The molecule has 0 radical (unpaired) electrons. The molecule has 19 heavy (non-hydrogen) atoms. The van der Waals surface area contributed by atoms with Crippen LogP contribution in [0, 0.1) is 0 Å². The molecule has 0 bridgehead atoms. The van der Waals surface area contributed by atoms with Crippen molar-refractivity contribution >= 4 is 23.2 Å². The van der Waals surface area contributed by atoms with Gasteiger partial charge in [-0.05, 0) is 37.3 Å². The predicted molar refractivity (Wildman–Crippen MR) is 85.2 cm³/mol. The van der Waals surface area contributed by atoms with Gasteiger partial charge in [0.15, 0.2) is 0 Å². The van der Waals surface area contributed by atoms with E-state index in [9.17, 15) is 0 Å². The van der Waals surface area contributed by atoms with Gasteiger partial charge in [0.2, 0.25) is 0 Å². The molecule has 0 aromatic heterocycles. The van der Waals surface area contributed by atoms with E-state index in [0.717, 1.165) is 39.3 Å². The summed E-state index contributed by atoms with van der Waals surface area (Å²) in [5.41, 5.74) is 1.22. The Morgan fingerprint density at radius 1 is 0.842 bits per heavy atom. The van der Waals surface area contributed by atoms with Gasteiger partial charge in [-0.3, -0.25) is 4.90 Å². The molecule has 0 spiro atoms. The van der Waals surface area contributed by atoms with Gasteiger partial charge in [-0.15, -0.1) is 0 Å². The number of hydrogen-bond donors (Lipinski definition) is 0. The Balaban J connectivity index is 2.53. The summed E-state index contributed by atoms with van der Waals surface area (Å²) in [6.45, 7) is 13.0. The summed E-state index contributed by atoms with van der Waals surface area (Å²) in [5.74, 6) is 0. The van der Waals surface area contributed by atoms with E-state index >= 15 is 0 Å². The first-order chi connectivity index (χ1) is 9.10. The fraction of sp³-hybridized carbons (Fsp3) is 0.600. The van der Waals surface area contributed by atoms with Crippen LogP contribution in [0.1, 0.15) is 26.3 Å². The Hall–Kier alpha value is -0.280. The van der Waals surface area contributed by atoms with E-state index in [0.29, 0.717) is 10.0 Å². The molecule has 0 aliphatic rings. The highest BCUT2D eigenvalue weighted by atomic mass is 35.5. The minimum Gasteiger partial charge on any atom is -0.303 e. The molecule has 4 heteroatoms. The van der Waals surface area contributed by atoms with E-state index in [-0.39, 0.29) is 0 Å². The van der Waals surface area contributed by atoms with Crippen molar-refractivity contribution in [3.05, 3.63) is 33.8 Å². The van der Waals surface area contributed by atoms with Gasteiger partial charge in [-0.2, -0.15) is 0 Å². The van der Waals surface area contributed by atoms with Crippen molar-refractivity contribution in [3.63, 3.8) is 0 Å². The van der Waals surface area contributed by atoms with Crippen LogP contribution in [0.4, 0.5) is 0 Å². The molecule has 0 aliphatic heterocycles. The molecule has 0 unspecified atom stereocenters. The average molecular weight is 303 g/mol. The lowest BCUT2D eigenvalue weighted by atomic mass is 10.2. The molecule has 0 saturated heterocycles. The molecule has 108 valence electrons. The van der Waals surface area contributed by atoms with Gasteiger partial charge in [0, 0.05) is 19.6 Å². The van der Waals surface area contributed by atoms with Crippen LogP contribution in [-0.2, 0) is 6.54 Å². The first-order valence-corrected chi connectivity index (χ1v) is 7.74. The van der Waals surface area contributed by atoms with Gasteiger partial charge < -0.3 is 4.90 Å². The highest BCUT2D eigenvalue weighted by Crippen LogP contribution is 2.23. The number of benzene rings is 1. The Kier molecular flexibility index (Phi) is 7.77. The molecule has 2 nitrogen and oxygen atoms in total. The Bertz CT molecular complexity index is 378. The second-order valence-corrected chi connectivity index (χ2v) is 5.46. The van der Waals surface area contributed by atoms with Gasteiger partial charge in [0.1, 0.15) is 0 Å². The van der Waals surface area contributed by atoms with Crippen molar-refractivity contribution in [2.75, 3.05) is 32.7 Å². The molecular formula is C15H24Cl2N2. The maximum absolute atomic E-state index is 6.05. The molecule has 1 aromatic carbocycles. The second-order valence-electron chi connectivity index (χ2n) is 4.64. The topological polar surface area (TPSA) is 6.48 Å².